The van der Waals surface area contributed by atoms with Gasteiger partial charge in [-0.05, 0) is 25.0 Å². The molecule has 0 aliphatic carbocycles. The number of amides is 1. The summed E-state index contributed by atoms with van der Waals surface area (Å²) >= 11 is 0. The van der Waals surface area contributed by atoms with Gasteiger partial charge in [0.2, 0.25) is 5.91 Å². The minimum absolute atomic E-state index is 0.0341. The fourth-order valence-corrected chi connectivity index (χ4v) is 3.84. The van der Waals surface area contributed by atoms with Gasteiger partial charge >= 0.3 is 0 Å². The van der Waals surface area contributed by atoms with Gasteiger partial charge in [0.05, 0.1) is 6.54 Å². The molecule has 23 heavy (non-hydrogen) atoms. The summed E-state index contributed by atoms with van der Waals surface area (Å²) in [5.74, 6) is 0.678. The Balaban J connectivity index is 2.19. The minimum atomic E-state index is -3.66. The number of sulfonamides is 1. The van der Waals surface area contributed by atoms with Crippen LogP contribution >= 0.6 is 0 Å². The molecule has 0 aromatic heterocycles. The highest BCUT2D eigenvalue weighted by atomic mass is 32.2. The average Bonchev–Trinajstić information content (AvgIpc) is 2.77. The number of benzene rings is 1. The zero-order chi connectivity index (χ0) is 17.2. The minimum Gasteiger partial charge on any atom is -0.349 e. The van der Waals surface area contributed by atoms with Crippen molar-refractivity contribution in [1.29, 1.82) is 0 Å². The van der Waals surface area contributed by atoms with Gasteiger partial charge in [-0.2, -0.15) is 8.42 Å². The van der Waals surface area contributed by atoms with Crippen molar-refractivity contribution in [2.45, 2.75) is 25.7 Å². The number of hydrogen-bond donors (Lipinski definition) is 0. The summed E-state index contributed by atoms with van der Waals surface area (Å²) in [6, 6.07) is 6.68. The molecule has 0 N–H and O–H groups in total. The Morgan fingerprint density at radius 1 is 1.26 bits per heavy atom. The molecule has 0 unspecified atom stereocenters. The molecule has 0 atom stereocenters. The molecule has 1 aliphatic heterocycles. The van der Waals surface area contributed by atoms with Crippen LogP contribution in [0.15, 0.2) is 33.6 Å². The highest BCUT2D eigenvalue weighted by Gasteiger charge is 2.31. The van der Waals surface area contributed by atoms with E-state index >= 15 is 0 Å². The van der Waals surface area contributed by atoms with Crippen LogP contribution in [0.5, 0.6) is 0 Å². The first-order valence-corrected chi connectivity index (χ1v) is 9.13. The number of hydrogen-bond acceptors (Lipinski definition) is 4. The number of amidine groups is 1. The normalized spacial score (nSPS) is 15.3. The summed E-state index contributed by atoms with van der Waals surface area (Å²) in [5, 5.41) is 0. The van der Waals surface area contributed by atoms with E-state index < -0.39 is 10.0 Å². The van der Waals surface area contributed by atoms with Crippen molar-refractivity contribution in [3.05, 3.63) is 29.8 Å². The third-order valence-electron chi connectivity index (χ3n) is 3.67. The maximum atomic E-state index is 12.4. The molecule has 1 aromatic carbocycles. The molecule has 0 bridgehead atoms. The first-order chi connectivity index (χ1) is 10.8. The summed E-state index contributed by atoms with van der Waals surface area (Å²) in [4.78, 5) is 16.0. The predicted octanol–water partition coefficient (Wildman–Crippen LogP) is 1.57. The molecule has 1 aliphatic rings. The van der Waals surface area contributed by atoms with E-state index in [0.29, 0.717) is 30.4 Å². The summed E-state index contributed by atoms with van der Waals surface area (Å²) in [6.07, 6.45) is 0. The monoisotopic (exact) mass is 337 g/mol. The SMILES string of the molecule is CCN(CC(C)C)C(=O)CN(C)C1=NS(=O)(=O)c2ccccc21. The van der Waals surface area contributed by atoms with Gasteiger partial charge in [0, 0.05) is 25.7 Å². The second-order valence-electron chi connectivity index (χ2n) is 6.07. The van der Waals surface area contributed by atoms with Gasteiger partial charge in [0.25, 0.3) is 10.0 Å². The van der Waals surface area contributed by atoms with Crippen molar-refractivity contribution in [3.8, 4) is 0 Å². The van der Waals surface area contributed by atoms with Crippen LogP contribution in [0.3, 0.4) is 0 Å². The lowest BCUT2D eigenvalue weighted by Gasteiger charge is -2.26. The van der Waals surface area contributed by atoms with E-state index in [1.165, 1.54) is 6.07 Å². The third-order valence-corrected chi connectivity index (χ3v) is 4.99. The molecule has 6 nitrogen and oxygen atoms in total. The first kappa shape index (κ1) is 17.5. The molecule has 0 radical (unpaired) electrons. The van der Waals surface area contributed by atoms with Gasteiger partial charge in [-0.3, -0.25) is 4.79 Å². The fourth-order valence-electron chi connectivity index (χ4n) is 2.59. The molecule has 0 spiro atoms. The number of carbonyl (C=O) groups excluding carboxylic acids is 1. The third kappa shape index (κ3) is 3.72. The predicted molar refractivity (Wildman–Crippen MR) is 89.9 cm³/mol. The Labute approximate surface area is 137 Å². The Bertz CT molecular complexity index is 726. The number of carbonyl (C=O) groups is 1. The van der Waals surface area contributed by atoms with Crippen LogP contribution in [0.4, 0.5) is 0 Å². The number of likely N-dealkylation sites (N-methyl/N-ethyl adjacent to an activating group) is 2. The van der Waals surface area contributed by atoms with E-state index in [0.717, 1.165) is 0 Å². The van der Waals surface area contributed by atoms with Crippen molar-refractivity contribution < 1.29 is 13.2 Å². The van der Waals surface area contributed by atoms with E-state index in [1.54, 1.807) is 35.0 Å². The largest absolute Gasteiger partial charge is 0.349 e. The summed E-state index contributed by atoms with van der Waals surface area (Å²) < 4.78 is 28.0. The molecule has 0 saturated carbocycles. The first-order valence-electron chi connectivity index (χ1n) is 7.69. The Morgan fingerprint density at radius 3 is 2.52 bits per heavy atom. The lowest BCUT2D eigenvalue weighted by Crippen LogP contribution is -2.42. The zero-order valence-corrected chi connectivity index (χ0v) is 14.8. The maximum Gasteiger partial charge on any atom is 0.285 e. The van der Waals surface area contributed by atoms with E-state index in [9.17, 15) is 13.2 Å². The zero-order valence-electron chi connectivity index (χ0n) is 14.0. The summed E-state index contributed by atoms with van der Waals surface area (Å²) in [7, 11) is -1.97. The van der Waals surface area contributed by atoms with Gasteiger partial charge in [-0.1, -0.05) is 26.0 Å². The van der Waals surface area contributed by atoms with E-state index in [2.05, 4.69) is 18.2 Å². The molecule has 2 rings (SSSR count). The van der Waals surface area contributed by atoms with E-state index in [1.807, 2.05) is 6.92 Å². The van der Waals surface area contributed by atoms with E-state index in [4.69, 9.17) is 0 Å². The van der Waals surface area contributed by atoms with Crippen molar-refractivity contribution in [2.24, 2.45) is 10.3 Å². The lowest BCUT2D eigenvalue weighted by molar-refractivity contribution is -0.131. The number of nitrogens with zero attached hydrogens (tertiary/aromatic N) is 3. The standard InChI is InChI=1S/C16H23N3O3S/c1-5-19(10-12(2)3)15(20)11-18(4)16-13-8-6-7-9-14(13)23(21,22)17-16/h6-9,12H,5,10-11H2,1-4H3. The van der Waals surface area contributed by atoms with Gasteiger partial charge in [-0.25, -0.2) is 0 Å². The Morgan fingerprint density at radius 2 is 1.91 bits per heavy atom. The Kier molecular flexibility index (Phi) is 5.09. The van der Waals surface area contributed by atoms with Crippen LogP contribution in [0, 0.1) is 5.92 Å². The molecule has 0 saturated heterocycles. The van der Waals surface area contributed by atoms with Crippen molar-refractivity contribution >= 4 is 21.8 Å². The van der Waals surface area contributed by atoms with Gasteiger partial charge in [0.15, 0.2) is 5.84 Å². The second-order valence-corrected chi connectivity index (χ2v) is 7.64. The molecule has 1 aromatic rings. The highest BCUT2D eigenvalue weighted by molar-refractivity contribution is 7.90. The van der Waals surface area contributed by atoms with Crippen LogP contribution in [0.1, 0.15) is 26.3 Å². The topological polar surface area (TPSA) is 70.1 Å². The van der Waals surface area contributed by atoms with Crippen LogP contribution in [0.2, 0.25) is 0 Å². The molecule has 126 valence electrons. The van der Waals surface area contributed by atoms with Gasteiger partial charge in [0.1, 0.15) is 4.90 Å². The smallest absolute Gasteiger partial charge is 0.285 e. The van der Waals surface area contributed by atoms with Crippen molar-refractivity contribution in [2.75, 3.05) is 26.7 Å². The van der Waals surface area contributed by atoms with Crippen LogP contribution in [-0.4, -0.2) is 56.6 Å². The van der Waals surface area contributed by atoms with Crippen LogP contribution < -0.4 is 0 Å². The molecule has 7 heteroatoms. The highest BCUT2D eigenvalue weighted by Crippen LogP contribution is 2.26. The molecular formula is C16H23N3O3S. The number of fused-ring (bicyclic) bond motifs is 1. The number of rotatable bonds is 5. The van der Waals surface area contributed by atoms with Crippen molar-refractivity contribution in [3.63, 3.8) is 0 Å². The molecule has 0 fully saturated rings. The average molecular weight is 337 g/mol. The molecular weight excluding hydrogens is 314 g/mol. The van der Waals surface area contributed by atoms with Gasteiger partial charge < -0.3 is 9.80 Å². The fraction of sp³-hybridized carbons (Fsp3) is 0.500. The molecule has 1 amide bonds. The summed E-state index contributed by atoms with van der Waals surface area (Å²) in [6.45, 7) is 7.47. The van der Waals surface area contributed by atoms with E-state index in [-0.39, 0.29) is 17.3 Å². The molecule has 1 heterocycles. The van der Waals surface area contributed by atoms with Crippen LogP contribution in [0.25, 0.3) is 0 Å². The summed E-state index contributed by atoms with van der Waals surface area (Å²) in [5.41, 5.74) is 0.551. The quantitative estimate of drug-likeness (QED) is 0.818. The van der Waals surface area contributed by atoms with Crippen LogP contribution in [-0.2, 0) is 14.8 Å². The van der Waals surface area contributed by atoms with Crippen molar-refractivity contribution in [1.82, 2.24) is 9.80 Å². The lowest BCUT2D eigenvalue weighted by atomic mass is 10.2. The van der Waals surface area contributed by atoms with Gasteiger partial charge in [-0.15, -0.1) is 4.40 Å². The second kappa shape index (κ2) is 6.70. The Hall–Kier alpha value is -1.89. The maximum absolute atomic E-state index is 12.4.